The third-order valence-electron chi connectivity index (χ3n) is 2.52. The van der Waals surface area contributed by atoms with Crippen LogP contribution in [0, 0.1) is 5.92 Å². The van der Waals surface area contributed by atoms with Crippen LogP contribution >= 0.6 is 0 Å². The summed E-state index contributed by atoms with van der Waals surface area (Å²) in [5.41, 5.74) is 1.47. The molecule has 1 fully saturated rings. The van der Waals surface area contributed by atoms with E-state index in [-0.39, 0.29) is 18.4 Å². The van der Waals surface area contributed by atoms with E-state index in [2.05, 4.69) is 5.32 Å². The number of carbonyl (C=O) groups is 2. The molecule has 0 spiro atoms. The van der Waals surface area contributed by atoms with E-state index in [9.17, 15) is 9.59 Å². The number of carbonyl (C=O) groups excluding carboxylic acids is 2. The van der Waals surface area contributed by atoms with Gasteiger partial charge in [0.25, 0.3) is 5.91 Å². The molecular weight excluding hydrogens is 184 g/mol. The second-order valence-electron chi connectivity index (χ2n) is 3.59. The molecule has 5 nitrogen and oxygen atoms in total. The van der Waals surface area contributed by atoms with Crippen LogP contribution in [0.2, 0.25) is 0 Å². The summed E-state index contributed by atoms with van der Waals surface area (Å²) in [7, 11) is 0. The van der Waals surface area contributed by atoms with Crippen LogP contribution in [0.5, 0.6) is 0 Å². The summed E-state index contributed by atoms with van der Waals surface area (Å²) in [6.45, 7) is -0.147. The van der Waals surface area contributed by atoms with Crippen molar-refractivity contribution in [2.75, 3.05) is 6.54 Å². The molecule has 0 aromatic carbocycles. The van der Waals surface area contributed by atoms with Gasteiger partial charge in [0.1, 0.15) is 0 Å². The van der Waals surface area contributed by atoms with Gasteiger partial charge in [-0.2, -0.15) is 0 Å². The van der Waals surface area contributed by atoms with Gasteiger partial charge in [0.05, 0.1) is 6.54 Å². The molecule has 1 aliphatic carbocycles. The van der Waals surface area contributed by atoms with Crippen LogP contribution in [0.1, 0.15) is 32.1 Å². The van der Waals surface area contributed by atoms with Gasteiger partial charge in [0.15, 0.2) is 0 Å². The lowest BCUT2D eigenvalue weighted by molar-refractivity contribution is -0.132. The molecule has 0 bridgehead atoms. The fraction of sp³-hybridized carbons (Fsp3) is 0.778. The summed E-state index contributed by atoms with van der Waals surface area (Å²) in [4.78, 5) is 22.1. The summed E-state index contributed by atoms with van der Waals surface area (Å²) in [6, 6.07) is 0. The number of nitrogens with one attached hydrogen (secondary N) is 2. The molecule has 3 N–H and O–H groups in total. The molecule has 0 radical (unpaired) electrons. The average Bonchev–Trinajstić information content (AvgIpc) is 2.26. The predicted molar refractivity (Wildman–Crippen MR) is 49.5 cm³/mol. The molecule has 1 rings (SSSR count). The Morgan fingerprint density at radius 3 is 2.43 bits per heavy atom. The molecule has 14 heavy (non-hydrogen) atoms. The van der Waals surface area contributed by atoms with Gasteiger partial charge in [-0.15, -0.1) is 0 Å². The van der Waals surface area contributed by atoms with Gasteiger partial charge in [-0.1, -0.05) is 19.3 Å². The Morgan fingerprint density at radius 1 is 1.21 bits per heavy atom. The highest BCUT2D eigenvalue weighted by Gasteiger charge is 2.20. The zero-order valence-electron chi connectivity index (χ0n) is 8.08. The molecule has 1 aliphatic rings. The molecular formula is C9H16N2O3. The summed E-state index contributed by atoms with van der Waals surface area (Å²) >= 11 is 0. The average molecular weight is 200 g/mol. The first-order valence-corrected chi connectivity index (χ1v) is 4.94. The second kappa shape index (κ2) is 5.59. The highest BCUT2D eigenvalue weighted by molar-refractivity contribution is 5.85. The van der Waals surface area contributed by atoms with Crippen molar-refractivity contribution in [2.45, 2.75) is 32.1 Å². The van der Waals surface area contributed by atoms with Crippen LogP contribution in [-0.4, -0.2) is 23.6 Å². The maximum atomic E-state index is 11.4. The van der Waals surface area contributed by atoms with Gasteiger partial charge in [-0.25, -0.2) is 5.48 Å². The molecule has 0 aliphatic heterocycles. The largest absolute Gasteiger partial charge is 0.347 e. The summed E-state index contributed by atoms with van der Waals surface area (Å²) in [5, 5.41) is 10.7. The zero-order valence-corrected chi connectivity index (χ0v) is 8.08. The predicted octanol–water partition coefficient (Wildman–Crippen LogP) is 0.188. The molecule has 0 saturated heterocycles. The fourth-order valence-electron chi connectivity index (χ4n) is 1.72. The van der Waals surface area contributed by atoms with Gasteiger partial charge >= 0.3 is 0 Å². The van der Waals surface area contributed by atoms with Crippen molar-refractivity contribution in [1.82, 2.24) is 10.8 Å². The van der Waals surface area contributed by atoms with Crippen LogP contribution in [-0.2, 0) is 9.59 Å². The topological polar surface area (TPSA) is 78.4 Å². The first kappa shape index (κ1) is 11.0. The van der Waals surface area contributed by atoms with Crippen LogP contribution in [0.25, 0.3) is 0 Å². The first-order chi connectivity index (χ1) is 6.74. The molecule has 0 aromatic rings. The molecule has 0 heterocycles. The normalized spacial score (nSPS) is 17.5. The highest BCUT2D eigenvalue weighted by Crippen LogP contribution is 2.23. The van der Waals surface area contributed by atoms with Gasteiger partial charge in [-0.05, 0) is 12.8 Å². The van der Waals surface area contributed by atoms with E-state index in [4.69, 9.17) is 5.21 Å². The Morgan fingerprint density at radius 2 is 1.86 bits per heavy atom. The number of rotatable bonds is 3. The Balaban J connectivity index is 2.23. The Hall–Kier alpha value is -1.10. The monoisotopic (exact) mass is 200 g/mol. The van der Waals surface area contributed by atoms with E-state index in [0.29, 0.717) is 0 Å². The molecule has 2 amide bonds. The van der Waals surface area contributed by atoms with Gasteiger partial charge < -0.3 is 5.32 Å². The number of hydrogen-bond acceptors (Lipinski definition) is 3. The standard InChI is InChI=1S/C9H16N2O3/c12-8(11-14)6-10-9(13)7-4-2-1-3-5-7/h7,14H,1-6H2,(H,10,13)(H,11,12). The third kappa shape index (κ3) is 3.33. The third-order valence-corrected chi connectivity index (χ3v) is 2.52. The highest BCUT2D eigenvalue weighted by atomic mass is 16.5. The molecule has 0 unspecified atom stereocenters. The van der Waals surface area contributed by atoms with E-state index in [1.54, 1.807) is 0 Å². The summed E-state index contributed by atoms with van der Waals surface area (Å²) < 4.78 is 0. The maximum Gasteiger partial charge on any atom is 0.262 e. The van der Waals surface area contributed by atoms with E-state index in [1.807, 2.05) is 0 Å². The van der Waals surface area contributed by atoms with Crippen molar-refractivity contribution in [2.24, 2.45) is 5.92 Å². The lowest BCUT2D eigenvalue weighted by Crippen LogP contribution is -2.39. The molecule has 80 valence electrons. The first-order valence-electron chi connectivity index (χ1n) is 4.94. The quantitative estimate of drug-likeness (QED) is 0.449. The molecule has 5 heteroatoms. The van der Waals surface area contributed by atoms with Gasteiger partial charge in [0.2, 0.25) is 5.91 Å². The number of hydrogen-bond donors (Lipinski definition) is 3. The van der Waals surface area contributed by atoms with Crippen LogP contribution in [0.4, 0.5) is 0 Å². The zero-order chi connectivity index (χ0) is 10.4. The molecule has 0 aromatic heterocycles. The summed E-state index contributed by atoms with van der Waals surface area (Å²) in [6.07, 6.45) is 5.19. The van der Waals surface area contributed by atoms with Crippen molar-refractivity contribution in [3.63, 3.8) is 0 Å². The second-order valence-corrected chi connectivity index (χ2v) is 3.59. The van der Waals surface area contributed by atoms with E-state index >= 15 is 0 Å². The summed E-state index contributed by atoms with van der Waals surface area (Å²) in [5.74, 6) is -0.613. The van der Waals surface area contributed by atoms with Crippen molar-refractivity contribution in [3.05, 3.63) is 0 Å². The van der Waals surface area contributed by atoms with Crippen molar-refractivity contribution in [1.29, 1.82) is 0 Å². The van der Waals surface area contributed by atoms with Gasteiger partial charge in [0, 0.05) is 5.92 Å². The SMILES string of the molecule is O=C(CNC(=O)C1CCCCC1)NO. The van der Waals surface area contributed by atoms with Crippen LogP contribution in [0.15, 0.2) is 0 Å². The number of hydroxylamine groups is 1. The lowest BCUT2D eigenvalue weighted by Gasteiger charge is -2.20. The Labute approximate surface area is 82.8 Å². The number of amides is 2. The van der Waals surface area contributed by atoms with Crippen molar-refractivity contribution in [3.8, 4) is 0 Å². The van der Waals surface area contributed by atoms with Crippen LogP contribution < -0.4 is 10.8 Å². The van der Waals surface area contributed by atoms with Crippen molar-refractivity contribution < 1.29 is 14.8 Å². The molecule has 1 saturated carbocycles. The Bertz CT molecular complexity index is 212. The minimum absolute atomic E-state index is 0.0512. The maximum absolute atomic E-state index is 11.4. The fourth-order valence-corrected chi connectivity index (χ4v) is 1.72. The minimum atomic E-state index is -0.589. The Kier molecular flexibility index (Phi) is 4.39. The lowest BCUT2D eigenvalue weighted by atomic mass is 9.89. The smallest absolute Gasteiger partial charge is 0.262 e. The van der Waals surface area contributed by atoms with E-state index in [0.717, 1.165) is 25.7 Å². The minimum Gasteiger partial charge on any atom is -0.347 e. The van der Waals surface area contributed by atoms with Crippen molar-refractivity contribution >= 4 is 11.8 Å². The molecule has 0 atom stereocenters. The van der Waals surface area contributed by atoms with E-state index in [1.165, 1.54) is 11.9 Å². The van der Waals surface area contributed by atoms with Crippen LogP contribution in [0.3, 0.4) is 0 Å². The van der Waals surface area contributed by atoms with Gasteiger partial charge in [-0.3, -0.25) is 14.8 Å². The van der Waals surface area contributed by atoms with E-state index < -0.39 is 5.91 Å².